The lowest BCUT2D eigenvalue weighted by Crippen LogP contribution is -2.32. The van der Waals surface area contributed by atoms with Gasteiger partial charge in [0.05, 0.1) is 5.41 Å². The number of benzene rings is 1. The van der Waals surface area contributed by atoms with Crippen LogP contribution in [0.1, 0.15) is 12.5 Å². The molecule has 0 spiro atoms. The summed E-state index contributed by atoms with van der Waals surface area (Å²) < 4.78 is 5.88. The van der Waals surface area contributed by atoms with Crippen LogP contribution in [0.2, 0.25) is 0 Å². The van der Waals surface area contributed by atoms with E-state index in [1.165, 1.54) is 5.56 Å². The zero-order valence-electron chi connectivity index (χ0n) is 8.10. The van der Waals surface area contributed by atoms with Crippen molar-refractivity contribution in [2.45, 2.75) is 18.4 Å². The maximum atomic E-state index is 5.88. The van der Waals surface area contributed by atoms with Gasteiger partial charge in [0.1, 0.15) is 11.9 Å². The number of hydrogen-bond donors (Lipinski definition) is 0. The van der Waals surface area contributed by atoms with E-state index in [0.717, 1.165) is 5.75 Å². The average molecular weight is 184 g/mol. The molecule has 1 aliphatic heterocycles. The summed E-state index contributed by atoms with van der Waals surface area (Å²) in [4.78, 5) is 0. The molecule has 0 saturated heterocycles. The molecule has 2 unspecified atom stereocenters. The molecule has 2 atom stereocenters. The SMILES string of the molecule is CC12C=CC=CC1Oc1ccccc12. The average Bonchev–Trinajstić information content (AvgIpc) is 2.51. The summed E-state index contributed by atoms with van der Waals surface area (Å²) in [5.74, 6) is 1.02. The minimum absolute atomic E-state index is 0.0331. The van der Waals surface area contributed by atoms with Gasteiger partial charge in [0.15, 0.2) is 0 Å². The molecule has 1 aromatic rings. The van der Waals surface area contributed by atoms with Crippen LogP contribution in [0.25, 0.3) is 0 Å². The molecule has 70 valence electrons. The normalized spacial score (nSPS) is 32.2. The van der Waals surface area contributed by atoms with Crippen LogP contribution in [-0.4, -0.2) is 6.10 Å². The van der Waals surface area contributed by atoms with Gasteiger partial charge in [-0.25, -0.2) is 0 Å². The Morgan fingerprint density at radius 1 is 1.21 bits per heavy atom. The molecule has 1 heteroatoms. The molecule has 0 N–H and O–H groups in total. The molecule has 0 radical (unpaired) electrons. The van der Waals surface area contributed by atoms with Gasteiger partial charge in [0, 0.05) is 5.56 Å². The third-order valence-electron chi connectivity index (χ3n) is 3.15. The van der Waals surface area contributed by atoms with Crippen molar-refractivity contribution in [1.82, 2.24) is 0 Å². The third kappa shape index (κ3) is 0.844. The van der Waals surface area contributed by atoms with Crippen molar-refractivity contribution >= 4 is 0 Å². The summed E-state index contributed by atoms with van der Waals surface area (Å²) in [6, 6.07) is 8.29. The van der Waals surface area contributed by atoms with Crippen LogP contribution in [0.4, 0.5) is 0 Å². The monoisotopic (exact) mass is 184 g/mol. The van der Waals surface area contributed by atoms with Crippen molar-refractivity contribution in [2.75, 3.05) is 0 Å². The van der Waals surface area contributed by atoms with Crippen molar-refractivity contribution in [3.8, 4) is 5.75 Å². The van der Waals surface area contributed by atoms with Crippen LogP contribution in [-0.2, 0) is 5.41 Å². The number of fused-ring (bicyclic) bond motifs is 3. The molecule has 1 nitrogen and oxygen atoms in total. The topological polar surface area (TPSA) is 9.23 Å². The third-order valence-corrected chi connectivity index (χ3v) is 3.15. The van der Waals surface area contributed by atoms with E-state index in [-0.39, 0.29) is 11.5 Å². The number of allylic oxidation sites excluding steroid dienone is 2. The zero-order chi connectivity index (χ0) is 9.60. The molecule has 0 bridgehead atoms. The Labute approximate surface area is 83.7 Å². The number of para-hydroxylation sites is 1. The second-order valence-corrected chi connectivity index (χ2v) is 4.06. The Bertz CT molecular complexity index is 431. The van der Waals surface area contributed by atoms with Gasteiger partial charge in [-0.05, 0) is 19.1 Å². The smallest absolute Gasteiger partial charge is 0.130 e. The second-order valence-electron chi connectivity index (χ2n) is 4.06. The van der Waals surface area contributed by atoms with Crippen LogP contribution in [0.15, 0.2) is 48.6 Å². The van der Waals surface area contributed by atoms with E-state index in [0.29, 0.717) is 0 Å². The molecule has 3 rings (SSSR count). The molecule has 1 heterocycles. The van der Waals surface area contributed by atoms with E-state index in [9.17, 15) is 0 Å². The molecule has 2 aliphatic rings. The quantitative estimate of drug-likeness (QED) is 0.602. The van der Waals surface area contributed by atoms with Crippen molar-refractivity contribution < 1.29 is 4.74 Å². The van der Waals surface area contributed by atoms with E-state index >= 15 is 0 Å². The predicted molar refractivity (Wildman–Crippen MR) is 56.5 cm³/mol. The summed E-state index contributed by atoms with van der Waals surface area (Å²) >= 11 is 0. The van der Waals surface area contributed by atoms with E-state index in [4.69, 9.17) is 4.74 Å². The summed E-state index contributed by atoms with van der Waals surface area (Å²) in [6.45, 7) is 2.23. The van der Waals surface area contributed by atoms with Crippen LogP contribution in [0, 0.1) is 0 Å². The lowest BCUT2D eigenvalue weighted by molar-refractivity contribution is 0.228. The Morgan fingerprint density at radius 2 is 2.07 bits per heavy atom. The standard InChI is InChI=1S/C13H12O/c1-13-9-5-4-8-12(13)14-11-7-3-2-6-10(11)13/h2-9,12H,1H3. The first kappa shape index (κ1) is 7.86. The fraction of sp³-hybridized carbons (Fsp3) is 0.231. The Balaban J connectivity index is 2.21. The number of hydrogen-bond acceptors (Lipinski definition) is 1. The lowest BCUT2D eigenvalue weighted by Gasteiger charge is -2.26. The largest absolute Gasteiger partial charge is 0.485 e. The first-order valence-corrected chi connectivity index (χ1v) is 4.93. The van der Waals surface area contributed by atoms with Gasteiger partial charge in [0.25, 0.3) is 0 Å². The molecule has 0 fully saturated rings. The summed E-state index contributed by atoms with van der Waals surface area (Å²) in [6.07, 6.45) is 8.67. The van der Waals surface area contributed by atoms with Gasteiger partial charge >= 0.3 is 0 Å². The van der Waals surface area contributed by atoms with Gasteiger partial charge in [-0.3, -0.25) is 0 Å². The summed E-state index contributed by atoms with van der Waals surface area (Å²) in [5, 5.41) is 0. The maximum absolute atomic E-state index is 5.88. The van der Waals surface area contributed by atoms with Crippen LogP contribution < -0.4 is 4.74 Å². The van der Waals surface area contributed by atoms with Crippen molar-refractivity contribution in [2.24, 2.45) is 0 Å². The fourth-order valence-electron chi connectivity index (χ4n) is 2.27. The highest BCUT2D eigenvalue weighted by Crippen LogP contribution is 2.45. The molecule has 0 aromatic heterocycles. The minimum Gasteiger partial charge on any atom is -0.485 e. The van der Waals surface area contributed by atoms with Gasteiger partial charge in [-0.1, -0.05) is 36.4 Å². The van der Waals surface area contributed by atoms with Gasteiger partial charge in [-0.2, -0.15) is 0 Å². The van der Waals surface area contributed by atoms with E-state index in [2.05, 4.69) is 43.4 Å². The molecule has 1 aromatic carbocycles. The molecule has 1 aliphatic carbocycles. The highest BCUT2D eigenvalue weighted by atomic mass is 16.5. The van der Waals surface area contributed by atoms with E-state index < -0.39 is 0 Å². The predicted octanol–water partition coefficient (Wildman–Crippen LogP) is 2.83. The number of rotatable bonds is 0. The highest BCUT2D eigenvalue weighted by molar-refractivity contribution is 5.50. The molecule has 14 heavy (non-hydrogen) atoms. The minimum atomic E-state index is 0.0331. The number of ether oxygens (including phenoxy) is 1. The lowest BCUT2D eigenvalue weighted by atomic mass is 9.77. The first-order valence-electron chi connectivity index (χ1n) is 4.93. The van der Waals surface area contributed by atoms with Gasteiger partial charge < -0.3 is 4.74 Å². The summed E-state index contributed by atoms with van der Waals surface area (Å²) in [5.41, 5.74) is 1.33. The highest BCUT2D eigenvalue weighted by Gasteiger charge is 2.42. The fourth-order valence-corrected chi connectivity index (χ4v) is 2.27. The Hall–Kier alpha value is -1.50. The van der Waals surface area contributed by atoms with Crippen LogP contribution in [0.5, 0.6) is 5.75 Å². The molecular weight excluding hydrogens is 172 g/mol. The molecule has 0 saturated carbocycles. The Kier molecular flexibility index (Phi) is 1.41. The van der Waals surface area contributed by atoms with E-state index in [1.54, 1.807) is 0 Å². The van der Waals surface area contributed by atoms with Crippen molar-refractivity contribution in [3.63, 3.8) is 0 Å². The molecular formula is C13H12O. The first-order chi connectivity index (χ1) is 6.81. The van der Waals surface area contributed by atoms with Gasteiger partial charge in [-0.15, -0.1) is 0 Å². The second kappa shape index (κ2) is 2.50. The maximum Gasteiger partial charge on any atom is 0.130 e. The molecule has 0 amide bonds. The van der Waals surface area contributed by atoms with Crippen molar-refractivity contribution in [3.05, 3.63) is 54.1 Å². The van der Waals surface area contributed by atoms with E-state index in [1.807, 2.05) is 12.1 Å². The van der Waals surface area contributed by atoms with Crippen molar-refractivity contribution in [1.29, 1.82) is 0 Å². The zero-order valence-corrected chi connectivity index (χ0v) is 8.10. The summed E-state index contributed by atoms with van der Waals surface area (Å²) in [7, 11) is 0. The van der Waals surface area contributed by atoms with Crippen LogP contribution in [0.3, 0.4) is 0 Å². The van der Waals surface area contributed by atoms with Crippen LogP contribution >= 0.6 is 0 Å². The Morgan fingerprint density at radius 3 is 3.00 bits per heavy atom. The van der Waals surface area contributed by atoms with Gasteiger partial charge in [0.2, 0.25) is 0 Å².